The van der Waals surface area contributed by atoms with Crippen molar-refractivity contribution in [1.29, 1.82) is 0 Å². The normalized spacial score (nSPS) is 14.4. The molecule has 1 aromatic carbocycles. The maximum atomic E-state index is 12.4. The van der Waals surface area contributed by atoms with Gasteiger partial charge in [0.05, 0.1) is 22.8 Å². The summed E-state index contributed by atoms with van der Waals surface area (Å²) in [4.78, 5) is 46.5. The zero-order valence-corrected chi connectivity index (χ0v) is 19.5. The third-order valence-corrected chi connectivity index (χ3v) is 5.23. The molecule has 0 unspecified atom stereocenters. The van der Waals surface area contributed by atoms with Crippen molar-refractivity contribution in [2.75, 3.05) is 35.0 Å². The van der Waals surface area contributed by atoms with Crippen molar-refractivity contribution in [2.24, 2.45) is 5.92 Å². The summed E-state index contributed by atoms with van der Waals surface area (Å²) >= 11 is 0. The Hall–Kier alpha value is -3.73. The number of nitrogens with one attached hydrogen (secondary N) is 1. The van der Waals surface area contributed by atoms with Crippen molar-refractivity contribution in [1.82, 2.24) is 4.98 Å². The van der Waals surface area contributed by atoms with Crippen molar-refractivity contribution >= 4 is 35.3 Å². The lowest BCUT2D eigenvalue weighted by Gasteiger charge is -2.33. The molecule has 2 heterocycles. The average molecular weight is 472 g/mol. The lowest BCUT2D eigenvalue weighted by Crippen LogP contribution is -2.35. The highest BCUT2D eigenvalue weighted by Crippen LogP contribution is 2.31. The number of aromatic nitrogens is 1. The fourth-order valence-electron chi connectivity index (χ4n) is 3.60. The Kier molecular flexibility index (Phi) is 8.00. The minimum Gasteiger partial charge on any atom is -0.449 e. The fraction of sp³-hybridized carbons (Fsp3) is 0.435. The fourth-order valence-corrected chi connectivity index (χ4v) is 3.60. The summed E-state index contributed by atoms with van der Waals surface area (Å²) in [5.74, 6) is 0.191. The number of hydroxylamine groups is 1. The van der Waals surface area contributed by atoms with Gasteiger partial charge in [0.1, 0.15) is 5.69 Å². The molecule has 0 bridgehead atoms. The Bertz CT molecular complexity index is 1000. The number of rotatable bonds is 8. The molecular formula is C23H29N5O6. The summed E-state index contributed by atoms with van der Waals surface area (Å²) in [6.45, 7) is 7.15. The van der Waals surface area contributed by atoms with E-state index in [2.05, 4.69) is 15.2 Å². The van der Waals surface area contributed by atoms with Gasteiger partial charge in [-0.1, -0.05) is 0 Å². The molecule has 182 valence electrons. The number of hydrogen-bond donors (Lipinski definition) is 1. The second-order valence-electron chi connectivity index (χ2n) is 8.95. The Balaban J connectivity index is 1.59. The molecule has 2 amide bonds. The summed E-state index contributed by atoms with van der Waals surface area (Å²) in [6, 6.07) is 7.79. The first kappa shape index (κ1) is 24.9. The monoisotopic (exact) mass is 471 g/mol. The van der Waals surface area contributed by atoms with Gasteiger partial charge in [-0.2, -0.15) is 5.06 Å². The number of nitrogens with zero attached hydrogens (tertiary/aromatic N) is 4. The van der Waals surface area contributed by atoms with E-state index >= 15 is 0 Å². The predicted molar refractivity (Wildman–Crippen MR) is 127 cm³/mol. The molecule has 11 heteroatoms. The Morgan fingerprint density at radius 3 is 2.53 bits per heavy atom. The summed E-state index contributed by atoms with van der Waals surface area (Å²) in [5, 5.41) is 14.8. The van der Waals surface area contributed by atoms with Crippen LogP contribution in [0.15, 0.2) is 42.7 Å². The third kappa shape index (κ3) is 6.88. The number of ether oxygens (including phenoxy) is 1. The van der Waals surface area contributed by atoms with Gasteiger partial charge in [-0.05, 0) is 63.8 Å². The molecule has 0 spiro atoms. The summed E-state index contributed by atoms with van der Waals surface area (Å²) in [6.07, 6.45) is 4.87. The molecule has 1 saturated heterocycles. The van der Waals surface area contributed by atoms with Crippen LogP contribution in [0, 0.1) is 16.0 Å². The van der Waals surface area contributed by atoms with Crippen LogP contribution in [0.1, 0.15) is 33.6 Å². The van der Waals surface area contributed by atoms with Crippen LogP contribution in [0.3, 0.4) is 0 Å². The van der Waals surface area contributed by atoms with Crippen molar-refractivity contribution < 1.29 is 24.1 Å². The Labute approximate surface area is 197 Å². The largest absolute Gasteiger partial charge is 0.449 e. The lowest BCUT2D eigenvalue weighted by molar-refractivity contribution is -0.383. The third-order valence-electron chi connectivity index (χ3n) is 5.23. The van der Waals surface area contributed by atoms with Gasteiger partial charge in [-0.3, -0.25) is 30.0 Å². The zero-order chi connectivity index (χ0) is 24.7. The Morgan fingerprint density at radius 2 is 1.94 bits per heavy atom. The van der Waals surface area contributed by atoms with E-state index < -0.39 is 16.6 Å². The molecule has 3 rings (SSSR count). The van der Waals surface area contributed by atoms with Crippen molar-refractivity contribution in [3.05, 3.63) is 52.8 Å². The van der Waals surface area contributed by atoms with Crippen LogP contribution < -0.4 is 15.3 Å². The maximum absolute atomic E-state index is 12.4. The van der Waals surface area contributed by atoms with E-state index in [1.807, 2.05) is 12.1 Å². The lowest BCUT2D eigenvalue weighted by atomic mass is 9.97. The van der Waals surface area contributed by atoms with E-state index in [-0.39, 0.29) is 29.6 Å². The molecule has 1 aliphatic rings. The van der Waals surface area contributed by atoms with Crippen LogP contribution in [0.25, 0.3) is 0 Å². The molecular weight excluding hydrogens is 442 g/mol. The first-order valence-corrected chi connectivity index (χ1v) is 11.0. The minimum absolute atomic E-state index is 0.0932. The number of nitro groups is 1. The highest BCUT2D eigenvalue weighted by molar-refractivity contribution is 5.90. The van der Waals surface area contributed by atoms with Gasteiger partial charge in [-0.15, -0.1) is 0 Å². The van der Waals surface area contributed by atoms with E-state index in [1.54, 1.807) is 33.2 Å². The van der Waals surface area contributed by atoms with Gasteiger partial charge in [0, 0.05) is 37.2 Å². The predicted octanol–water partition coefficient (Wildman–Crippen LogP) is 4.15. The number of carbonyl (C=O) groups excluding carboxylic acids is 2. The van der Waals surface area contributed by atoms with E-state index in [1.165, 1.54) is 18.2 Å². The van der Waals surface area contributed by atoms with Crippen LogP contribution in [0.4, 0.5) is 27.5 Å². The number of nitro benzene ring substituents is 1. The van der Waals surface area contributed by atoms with Gasteiger partial charge in [0.2, 0.25) is 6.41 Å². The highest BCUT2D eigenvalue weighted by atomic mass is 16.7. The first-order chi connectivity index (χ1) is 16.2. The van der Waals surface area contributed by atoms with Gasteiger partial charge in [0.25, 0.3) is 5.69 Å². The second kappa shape index (κ2) is 10.9. The number of carbonyl (C=O) groups is 2. The van der Waals surface area contributed by atoms with E-state index in [0.717, 1.165) is 36.7 Å². The van der Waals surface area contributed by atoms with Crippen LogP contribution in [-0.4, -0.2) is 47.7 Å². The number of anilines is 3. The van der Waals surface area contributed by atoms with Crippen molar-refractivity contribution in [3.63, 3.8) is 0 Å². The molecule has 11 nitrogen and oxygen atoms in total. The van der Waals surface area contributed by atoms with Crippen LogP contribution in [0.5, 0.6) is 0 Å². The smallest absolute Gasteiger partial charge is 0.411 e. The summed E-state index contributed by atoms with van der Waals surface area (Å²) in [7, 11) is 0. The van der Waals surface area contributed by atoms with Crippen LogP contribution in [0.2, 0.25) is 0 Å². The summed E-state index contributed by atoms with van der Waals surface area (Å²) in [5.41, 5.74) is 0.244. The van der Waals surface area contributed by atoms with E-state index in [0.29, 0.717) is 6.41 Å². The van der Waals surface area contributed by atoms with E-state index in [4.69, 9.17) is 9.57 Å². The van der Waals surface area contributed by atoms with Gasteiger partial charge >= 0.3 is 6.09 Å². The quantitative estimate of drug-likeness (QED) is 0.346. The number of pyridine rings is 1. The molecule has 1 aromatic heterocycles. The molecule has 1 aliphatic heterocycles. The van der Waals surface area contributed by atoms with Crippen molar-refractivity contribution in [3.8, 4) is 0 Å². The second-order valence-corrected chi connectivity index (χ2v) is 8.95. The van der Waals surface area contributed by atoms with Gasteiger partial charge in [-0.25, -0.2) is 4.79 Å². The number of piperidine rings is 1. The zero-order valence-electron chi connectivity index (χ0n) is 19.5. The topological polar surface area (TPSA) is 127 Å². The molecule has 1 fully saturated rings. The summed E-state index contributed by atoms with van der Waals surface area (Å²) < 4.78 is 5.35. The molecule has 1 N–H and O–H groups in total. The standard InChI is InChI=1S/C23H29N5O6/c1-23(2,3)34-27(16-29)19-4-5-21(28(31)32)20(14-19)25-22(30)33-15-17-8-12-26(13-9-17)18-6-10-24-11-7-18/h4-7,10-11,14,16-17H,8-9,12-13,15H2,1-3H3,(H,25,30). The Morgan fingerprint density at radius 1 is 1.26 bits per heavy atom. The molecule has 0 radical (unpaired) electrons. The number of hydrogen-bond acceptors (Lipinski definition) is 8. The van der Waals surface area contributed by atoms with Gasteiger partial charge in [0.15, 0.2) is 0 Å². The molecule has 34 heavy (non-hydrogen) atoms. The first-order valence-electron chi connectivity index (χ1n) is 11.0. The molecule has 2 aromatic rings. The number of amides is 2. The van der Waals surface area contributed by atoms with Gasteiger partial charge < -0.3 is 9.64 Å². The van der Waals surface area contributed by atoms with E-state index in [9.17, 15) is 19.7 Å². The molecule has 0 atom stereocenters. The average Bonchev–Trinajstić information content (AvgIpc) is 2.81. The highest BCUT2D eigenvalue weighted by Gasteiger charge is 2.24. The SMILES string of the molecule is CC(C)(C)ON(C=O)c1ccc([N+](=O)[O-])c(NC(=O)OCC2CCN(c3ccncc3)CC2)c1. The minimum atomic E-state index is -0.800. The number of benzene rings is 1. The van der Waals surface area contributed by atoms with Crippen LogP contribution >= 0.6 is 0 Å². The molecule has 0 saturated carbocycles. The maximum Gasteiger partial charge on any atom is 0.411 e. The van der Waals surface area contributed by atoms with Crippen LogP contribution in [-0.2, 0) is 14.4 Å². The molecule has 0 aliphatic carbocycles. The van der Waals surface area contributed by atoms with Crippen molar-refractivity contribution in [2.45, 2.75) is 39.2 Å².